The van der Waals surface area contributed by atoms with E-state index in [9.17, 15) is 4.39 Å². The van der Waals surface area contributed by atoms with E-state index in [0.717, 1.165) is 5.56 Å². The highest BCUT2D eigenvalue weighted by atomic mass is 35.5. The molecule has 0 saturated carbocycles. The van der Waals surface area contributed by atoms with Crippen molar-refractivity contribution in [3.63, 3.8) is 0 Å². The predicted octanol–water partition coefficient (Wildman–Crippen LogP) is 3.48. The molecule has 0 amide bonds. The van der Waals surface area contributed by atoms with Gasteiger partial charge in [-0.25, -0.2) is 9.37 Å². The number of halogens is 2. The van der Waals surface area contributed by atoms with Gasteiger partial charge in [0.25, 0.3) is 0 Å². The smallest absolute Gasteiger partial charge is 0.149 e. The number of methoxy groups -OCH3 is 1. The van der Waals surface area contributed by atoms with Crippen LogP contribution in [0.25, 0.3) is 10.9 Å². The Morgan fingerprint density at radius 1 is 1.38 bits per heavy atom. The minimum Gasteiger partial charge on any atom is -0.378 e. The minimum absolute atomic E-state index is 0.296. The van der Waals surface area contributed by atoms with Gasteiger partial charge >= 0.3 is 0 Å². The molecule has 0 fully saturated rings. The lowest BCUT2D eigenvalue weighted by molar-refractivity contribution is 0.182. The molecule has 1 aromatic carbocycles. The molecule has 0 aliphatic carbocycles. The standard InChI is InChI=1S/C12H11ClFNO/c1-7-3-9-10(13)5-8(6-16-2)15-12(9)11(14)4-7/h3-5H,6H2,1-2H3. The number of pyridine rings is 1. The molecule has 4 heteroatoms. The summed E-state index contributed by atoms with van der Waals surface area (Å²) >= 11 is 6.08. The fraction of sp³-hybridized carbons (Fsp3) is 0.250. The molecule has 2 aromatic rings. The second-order valence-corrected chi connectivity index (χ2v) is 4.08. The Kier molecular flexibility index (Phi) is 3.08. The molecule has 0 atom stereocenters. The summed E-state index contributed by atoms with van der Waals surface area (Å²) in [6.07, 6.45) is 0. The Morgan fingerprint density at radius 3 is 2.81 bits per heavy atom. The van der Waals surface area contributed by atoms with Crippen molar-refractivity contribution < 1.29 is 9.13 Å². The van der Waals surface area contributed by atoms with Crippen molar-refractivity contribution in [2.75, 3.05) is 7.11 Å². The Morgan fingerprint density at radius 2 is 2.12 bits per heavy atom. The van der Waals surface area contributed by atoms with Crippen LogP contribution in [0.15, 0.2) is 18.2 Å². The average Bonchev–Trinajstić information content (AvgIpc) is 2.20. The SMILES string of the molecule is COCc1cc(Cl)c2cc(C)cc(F)c2n1. The molecule has 16 heavy (non-hydrogen) atoms. The zero-order chi connectivity index (χ0) is 11.7. The Labute approximate surface area is 98.0 Å². The van der Waals surface area contributed by atoms with Gasteiger partial charge < -0.3 is 4.74 Å². The summed E-state index contributed by atoms with van der Waals surface area (Å²) in [5.74, 6) is -0.352. The summed E-state index contributed by atoms with van der Waals surface area (Å²) in [6, 6.07) is 4.97. The molecule has 84 valence electrons. The van der Waals surface area contributed by atoms with Crippen molar-refractivity contribution in [3.05, 3.63) is 40.3 Å². The summed E-state index contributed by atoms with van der Waals surface area (Å²) in [4.78, 5) is 4.18. The normalized spacial score (nSPS) is 11.0. The molecule has 0 N–H and O–H groups in total. The number of hydrogen-bond donors (Lipinski definition) is 0. The van der Waals surface area contributed by atoms with Gasteiger partial charge in [0.15, 0.2) is 0 Å². The molecule has 0 bridgehead atoms. The number of fused-ring (bicyclic) bond motifs is 1. The maximum absolute atomic E-state index is 13.7. The predicted molar refractivity (Wildman–Crippen MR) is 62.2 cm³/mol. The monoisotopic (exact) mass is 239 g/mol. The summed E-state index contributed by atoms with van der Waals surface area (Å²) in [6.45, 7) is 2.14. The molecule has 0 saturated heterocycles. The molecule has 1 heterocycles. The van der Waals surface area contributed by atoms with Crippen molar-refractivity contribution in [3.8, 4) is 0 Å². The lowest BCUT2D eigenvalue weighted by Crippen LogP contribution is -1.95. The summed E-state index contributed by atoms with van der Waals surface area (Å²) in [7, 11) is 1.56. The Bertz CT molecular complexity index is 542. The molecule has 0 spiro atoms. The molecule has 2 rings (SSSR count). The molecule has 0 aliphatic rings. The van der Waals surface area contributed by atoms with Crippen LogP contribution >= 0.6 is 11.6 Å². The molecule has 1 aromatic heterocycles. The van der Waals surface area contributed by atoms with Gasteiger partial charge in [-0.1, -0.05) is 11.6 Å². The van der Waals surface area contributed by atoms with Crippen LogP contribution in [0.2, 0.25) is 5.02 Å². The van der Waals surface area contributed by atoms with E-state index in [-0.39, 0.29) is 5.82 Å². The zero-order valence-corrected chi connectivity index (χ0v) is 9.81. The van der Waals surface area contributed by atoms with Gasteiger partial charge in [-0.3, -0.25) is 0 Å². The number of ether oxygens (including phenoxy) is 1. The second kappa shape index (κ2) is 4.36. The summed E-state index contributed by atoms with van der Waals surface area (Å²) < 4.78 is 18.6. The van der Waals surface area contributed by atoms with Gasteiger partial charge in [0.05, 0.1) is 17.3 Å². The Balaban J connectivity index is 2.71. The summed E-state index contributed by atoms with van der Waals surface area (Å²) in [5.41, 5.74) is 1.75. The van der Waals surface area contributed by atoms with Crippen LogP contribution in [0.1, 0.15) is 11.3 Å². The maximum atomic E-state index is 13.7. The van der Waals surface area contributed by atoms with E-state index in [4.69, 9.17) is 16.3 Å². The zero-order valence-electron chi connectivity index (χ0n) is 9.05. The van der Waals surface area contributed by atoms with E-state index in [1.54, 1.807) is 13.2 Å². The highest BCUT2D eigenvalue weighted by Gasteiger charge is 2.09. The number of aromatic nitrogens is 1. The van der Waals surface area contributed by atoms with E-state index in [1.807, 2.05) is 13.0 Å². The van der Waals surface area contributed by atoms with Gasteiger partial charge in [-0.15, -0.1) is 0 Å². The van der Waals surface area contributed by atoms with E-state index < -0.39 is 0 Å². The van der Waals surface area contributed by atoms with Crippen molar-refractivity contribution in [2.24, 2.45) is 0 Å². The number of aryl methyl sites for hydroxylation is 1. The van der Waals surface area contributed by atoms with E-state index >= 15 is 0 Å². The van der Waals surface area contributed by atoms with Crippen LogP contribution in [0, 0.1) is 12.7 Å². The van der Waals surface area contributed by atoms with Crippen molar-refractivity contribution in [1.82, 2.24) is 4.98 Å². The Hall–Kier alpha value is -1.19. The van der Waals surface area contributed by atoms with Gasteiger partial charge in [-0.2, -0.15) is 0 Å². The molecule has 0 aliphatic heterocycles. The topological polar surface area (TPSA) is 22.1 Å². The van der Waals surface area contributed by atoms with Gasteiger partial charge in [0.2, 0.25) is 0 Å². The van der Waals surface area contributed by atoms with Crippen molar-refractivity contribution >= 4 is 22.5 Å². The number of rotatable bonds is 2. The van der Waals surface area contributed by atoms with Crippen LogP contribution in [-0.4, -0.2) is 12.1 Å². The maximum Gasteiger partial charge on any atom is 0.149 e. The first-order chi connectivity index (χ1) is 7.61. The van der Waals surface area contributed by atoms with Crippen molar-refractivity contribution in [2.45, 2.75) is 13.5 Å². The van der Waals surface area contributed by atoms with Crippen LogP contribution in [0.5, 0.6) is 0 Å². The van der Waals surface area contributed by atoms with Gasteiger partial charge in [-0.05, 0) is 30.7 Å². The molecular formula is C12H11ClFNO. The first-order valence-electron chi connectivity index (χ1n) is 4.86. The minimum atomic E-state index is -0.352. The fourth-order valence-electron chi connectivity index (χ4n) is 1.65. The molecule has 0 radical (unpaired) electrons. The number of benzene rings is 1. The largest absolute Gasteiger partial charge is 0.378 e. The van der Waals surface area contributed by atoms with E-state index in [1.165, 1.54) is 6.07 Å². The summed E-state index contributed by atoms with van der Waals surface area (Å²) in [5, 5.41) is 1.14. The lowest BCUT2D eigenvalue weighted by atomic mass is 10.1. The van der Waals surface area contributed by atoms with E-state index in [0.29, 0.717) is 28.2 Å². The third-order valence-corrected chi connectivity index (χ3v) is 2.62. The number of nitrogens with zero attached hydrogens (tertiary/aromatic N) is 1. The van der Waals surface area contributed by atoms with Crippen molar-refractivity contribution in [1.29, 1.82) is 0 Å². The second-order valence-electron chi connectivity index (χ2n) is 3.67. The highest BCUT2D eigenvalue weighted by molar-refractivity contribution is 6.35. The van der Waals surface area contributed by atoms with Crippen LogP contribution in [0.3, 0.4) is 0 Å². The van der Waals surface area contributed by atoms with Crippen LogP contribution < -0.4 is 0 Å². The fourth-order valence-corrected chi connectivity index (χ4v) is 1.92. The van der Waals surface area contributed by atoms with Gasteiger partial charge in [0.1, 0.15) is 11.3 Å². The molecule has 0 unspecified atom stereocenters. The van der Waals surface area contributed by atoms with Crippen LogP contribution in [-0.2, 0) is 11.3 Å². The van der Waals surface area contributed by atoms with E-state index in [2.05, 4.69) is 4.98 Å². The van der Waals surface area contributed by atoms with Gasteiger partial charge in [0, 0.05) is 12.5 Å². The third-order valence-electron chi connectivity index (χ3n) is 2.31. The van der Waals surface area contributed by atoms with Crippen LogP contribution in [0.4, 0.5) is 4.39 Å². The quantitative estimate of drug-likeness (QED) is 0.801. The average molecular weight is 240 g/mol. The third kappa shape index (κ3) is 2.01. The molecular weight excluding hydrogens is 229 g/mol. The lowest BCUT2D eigenvalue weighted by Gasteiger charge is -2.06. The highest BCUT2D eigenvalue weighted by Crippen LogP contribution is 2.26. The first-order valence-corrected chi connectivity index (χ1v) is 5.24. The first kappa shape index (κ1) is 11.3. The molecule has 2 nitrogen and oxygen atoms in total. The number of hydrogen-bond acceptors (Lipinski definition) is 2.